The number of hydrogen-bond donors (Lipinski definition) is 2. The monoisotopic (exact) mass is 291 g/mol. The smallest absolute Gasteiger partial charge is 0.363 e. The molecule has 19 heavy (non-hydrogen) atoms. The molecule has 0 saturated heterocycles. The van der Waals surface area contributed by atoms with Gasteiger partial charge >= 0.3 is 6.18 Å². The van der Waals surface area contributed by atoms with Crippen molar-refractivity contribution in [3.63, 3.8) is 0 Å². The topological polar surface area (TPSA) is 66.5 Å². The Morgan fingerprint density at radius 3 is 2.68 bits per heavy atom. The van der Waals surface area contributed by atoms with Gasteiger partial charge in [-0.15, -0.1) is 0 Å². The maximum absolute atomic E-state index is 12.5. The lowest BCUT2D eigenvalue weighted by Crippen LogP contribution is -2.14. The third-order valence-corrected chi connectivity index (χ3v) is 2.53. The average molecular weight is 292 g/mol. The Hall–Kier alpha value is -1.83. The highest BCUT2D eigenvalue weighted by atomic mass is 35.5. The molecule has 0 aliphatic carbocycles. The van der Waals surface area contributed by atoms with E-state index >= 15 is 0 Å². The second-order valence-electron chi connectivity index (χ2n) is 3.79. The highest BCUT2D eigenvalue weighted by molar-refractivity contribution is 6.29. The number of nitrogens with one attached hydrogen (secondary N) is 2. The van der Waals surface area contributed by atoms with Crippen LogP contribution in [0.3, 0.4) is 0 Å². The van der Waals surface area contributed by atoms with Gasteiger partial charge in [0, 0.05) is 17.8 Å². The molecule has 1 unspecified atom stereocenters. The van der Waals surface area contributed by atoms with Crippen molar-refractivity contribution >= 4 is 17.4 Å². The summed E-state index contributed by atoms with van der Waals surface area (Å²) >= 11 is 5.55. The molecule has 0 aliphatic rings. The van der Waals surface area contributed by atoms with Gasteiger partial charge in [0.25, 0.3) is 0 Å². The van der Waals surface area contributed by atoms with Crippen molar-refractivity contribution in [1.29, 1.82) is 0 Å². The Labute approximate surface area is 111 Å². The van der Waals surface area contributed by atoms with E-state index in [1.807, 2.05) is 0 Å². The molecule has 0 saturated carbocycles. The molecule has 2 rings (SSSR count). The molecule has 2 aromatic rings. The fraction of sp³-hybridized carbons (Fsp3) is 0.300. The maximum Gasteiger partial charge on any atom is 0.451 e. The fourth-order valence-corrected chi connectivity index (χ4v) is 1.60. The van der Waals surface area contributed by atoms with E-state index in [4.69, 9.17) is 11.6 Å². The molecular formula is C10H9ClF3N5. The summed E-state index contributed by atoms with van der Waals surface area (Å²) in [4.78, 5) is 6.54. The maximum atomic E-state index is 12.5. The van der Waals surface area contributed by atoms with E-state index < -0.39 is 12.0 Å². The van der Waals surface area contributed by atoms with Gasteiger partial charge in [0.2, 0.25) is 5.82 Å². The standard InChI is InChI=1S/C10H9ClF3N5/c1-5(6-3-15-16-4-6)17-8-2-7(11)18-9(19-8)10(12,13)14/h2-5H,1H3,(H,15,16)(H,17,18,19). The van der Waals surface area contributed by atoms with Crippen LogP contribution < -0.4 is 5.32 Å². The van der Waals surface area contributed by atoms with Crippen LogP contribution >= 0.6 is 11.6 Å². The van der Waals surface area contributed by atoms with Crippen molar-refractivity contribution in [2.24, 2.45) is 0 Å². The number of aromatic nitrogens is 4. The molecule has 2 heterocycles. The molecular weight excluding hydrogens is 283 g/mol. The van der Waals surface area contributed by atoms with Gasteiger partial charge in [-0.2, -0.15) is 18.3 Å². The molecule has 0 spiro atoms. The molecule has 0 radical (unpaired) electrons. The first kappa shape index (κ1) is 13.6. The number of alkyl halides is 3. The second-order valence-corrected chi connectivity index (χ2v) is 4.18. The van der Waals surface area contributed by atoms with Crippen LogP contribution in [0.25, 0.3) is 0 Å². The second kappa shape index (κ2) is 5.04. The summed E-state index contributed by atoms with van der Waals surface area (Å²) in [7, 11) is 0. The number of anilines is 1. The molecule has 2 N–H and O–H groups in total. The molecule has 9 heteroatoms. The van der Waals surface area contributed by atoms with Crippen LogP contribution in [0.15, 0.2) is 18.5 Å². The minimum absolute atomic E-state index is 0.000949. The van der Waals surface area contributed by atoms with E-state index in [2.05, 4.69) is 25.5 Å². The predicted octanol–water partition coefficient (Wildman–Crippen LogP) is 3.05. The summed E-state index contributed by atoms with van der Waals surface area (Å²) < 4.78 is 37.6. The molecule has 1 atom stereocenters. The van der Waals surface area contributed by atoms with Crippen LogP contribution in [0.2, 0.25) is 5.15 Å². The first-order valence-electron chi connectivity index (χ1n) is 5.23. The highest BCUT2D eigenvalue weighted by Crippen LogP contribution is 2.29. The molecule has 5 nitrogen and oxygen atoms in total. The van der Waals surface area contributed by atoms with Crippen molar-refractivity contribution in [2.45, 2.75) is 19.1 Å². The molecule has 0 amide bonds. The Balaban J connectivity index is 2.23. The van der Waals surface area contributed by atoms with Gasteiger partial charge in [0.1, 0.15) is 11.0 Å². The lowest BCUT2D eigenvalue weighted by molar-refractivity contribution is -0.144. The van der Waals surface area contributed by atoms with Crippen molar-refractivity contribution in [3.05, 3.63) is 35.0 Å². The van der Waals surface area contributed by atoms with E-state index in [0.29, 0.717) is 0 Å². The van der Waals surface area contributed by atoms with Gasteiger partial charge in [-0.3, -0.25) is 5.10 Å². The Kier molecular flexibility index (Phi) is 3.61. The van der Waals surface area contributed by atoms with Gasteiger partial charge in [0.15, 0.2) is 0 Å². The van der Waals surface area contributed by atoms with Gasteiger partial charge < -0.3 is 5.32 Å². The summed E-state index contributed by atoms with van der Waals surface area (Å²) in [5.74, 6) is -1.28. The number of H-pyrrole nitrogens is 1. The summed E-state index contributed by atoms with van der Waals surface area (Å²) in [6, 6.07) is 0.957. The molecule has 0 fully saturated rings. The largest absolute Gasteiger partial charge is 0.451 e. The number of rotatable bonds is 3. The Morgan fingerprint density at radius 1 is 1.37 bits per heavy atom. The van der Waals surface area contributed by atoms with E-state index in [1.54, 1.807) is 19.3 Å². The average Bonchev–Trinajstić information content (AvgIpc) is 2.80. The zero-order valence-corrected chi connectivity index (χ0v) is 10.4. The van der Waals surface area contributed by atoms with Crippen LogP contribution in [0.4, 0.5) is 19.0 Å². The molecule has 0 aromatic carbocycles. The van der Waals surface area contributed by atoms with Crippen LogP contribution in [0.5, 0.6) is 0 Å². The Morgan fingerprint density at radius 2 is 2.11 bits per heavy atom. The van der Waals surface area contributed by atoms with Crippen molar-refractivity contribution < 1.29 is 13.2 Å². The number of hydrogen-bond acceptors (Lipinski definition) is 4. The van der Waals surface area contributed by atoms with E-state index in [0.717, 1.165) is 5.56 Å². The predicted molar refractivity (Wildman–Crippen MR) is 62.7 cm³/mol. The molecule has 2 aromatic heterocycles. The molecule has 0 aliphatic heterocycles. The minimum Gasteiger partial charge on any atom is -0.363 e. The van der Waals surface area contributed by atoms with Crippen LogP contribution in [-0.2, 0) is 6.18 Å². The lowest BCUT2D eigenvalue weighted by atomic mass is 10.2. The molecule has 102 valence electrons. The van der Waals surface area contributed by atoms with Crippen molar-refractivity contribution in [2.75, 3.05) is 5.32 Å². The number of nitrogens with zero attached hydrogens (tertiary/aromatic N) is 3. The summed E-state index contributed by atoms with van der Waals surface area (Å²) in [5.41, 5.74) is 0.781. The SMILES string of the molecule is CC(Nc1cc(Cl)nc(C(F)(F)F)n1)c1cn[nH]c1. The normalized spacial score (nSPS) is 13.3. The van der Waals surface area contributed by atoms with E-state index in [9.17, 15) is 13.2 Å². The van der Waals surface area contributed by atoms with Crippen molar-refractivity contribution in [3.8, 4) is 0 Å². The lowest BCUT2D eigenvalue weighted by Gasteiger charge is -2.14. The number of aromatic amines is 1. The van der Waals surface area contributed by atoms with Crippen LogP contribution in [0, 0.1) is 0 Å². The summed E-state index contributed by atoms with van der Waals surface area (Å²) in [5, 5.41) is 8.90. The summed E-state index contributed by atoms with van der Waals surface area (Å²) in [6.45, 7) is 1.76. The van der Waals surface area contributed by atoms with Crippen molar-refractivity contribution in [1.82, 2.24) is 20.2 Å². The highest BCUT2D eigenvalue weighted by Gasteiger charge is 2.35. The first-order valence-corrected chi connectivity index (χ1v) is 5.61. The van der Waals surface area contributed by atoms with E-state index in [-0.39, 0.29) is 17.0 Å². The van der Waals surface area contributed by atoms with Crippen LogP contribution in [-0.4, -0.2) is 20.2 Å². The Bertz CT molecular complexity index is 555. The summed E-state index contributed by atoms with van der Waals surface area (Å²) in [6.07, 6.45) is -1.45. The molecule has 0 bridgehead atoms. The zero-order valence-electron chi connectivity index (χ0n) is 9.66. The van der Waals surface area contributed by atoms with Gasteiger partial charge in [-0.25, -0.2) is 9.97 Å². The first-order chi connectivity index (χ1) is 8.86. The third-order valence-electron chi connectivity index (χ3n) is 2.33. The third kappa shape index (κ3) is 3.34. The van der Waals surface area contributed by atoms with E-state index in [1.165, 1.54) is 6.07 Å². The number of halogens is 4. The van der Waals surface area contributed by atoms with Gasteiger partial charge in [-0.1, -0.05) is 11.6 Å². The van der Waals surface area contributed by atoms with Gasteiger partial charge in [0.05, 0.1) is 12.2 Å². The van der Waals surface area contributed by atoms with Crippen LogP contribution in [0.1, 0.15) is 24.4 Å². The quantitative estimate of drug-likeness (QED) is 0.853. The van der Waals surface area contributed by atoms with Gasteiger partial charge in [-0.05, 0) is 6.92 Å². The minimum atomic E-state index is -4.64. The zero-order chi connectivity index (χ0) is 14.0. The fourth-order valence-electron chi connectivity index (χ4n) is 1.42.